The number of benzene rings is 2. The second-order valence-corrected chi connectivity index (χ2v) is 9.01. The van der Waals surface area contributed by atoms with Crippen LogP contribution in [0.5, 0.6) is 5.75 Å². The molecule has 1 fully saturated rings. The van der Waals surface area contributed by atoms with Crippen molar-refractivity contribution in [2.24, 2.45) is 0 Å². The van der Waals surface area contributed by atoms with Crippen molar-refractivity contribution in [3.8, 4) is 11.4 Å². The summed E-state index contributed by atoms with van der Waals surface area (Å²) < 4.78 is 7.21. The van der Waals surface area contributed by atoms with Gasteiger partial charge in [-0.25, -0.2) is 4.68 Å². The van der Waals surface area contributed by atoms with E-state index < -0.39 is 0 Å². The lowest BCUT2D eigenvalue weighted by molar-refractivity contribution is 0.0945. The number of para-hydroxylation sites is 1. The van der Waals surface area contributed by atoms with Crippen LogP contribution in [0, 0.1) is 0 Å². The van der Waals surface area contributed by atoms with Gasteiger partial charge in [0.25, 0.3) is 5.91 Å². The average molecular weight is 460 g/mol. The van der Waals surface area contributed by atoms with Gasteiger partial charge in [-0.3, -0.25) is 9.69 Å². The number of ether oxygens (including phenoxy) is 1. The Kier molecular flexibility index (Phi) is 6.81. The van der Waals surface area contributed by atoms with Gasteiger partial charge in [-0.15, -0.1) is 0 Å². The fraction of sp³-hybridized carbons (Fsp3) is 0.407. The predicted octanol–water partition coefficient (Wildman–Crippen LogP) is 3.31. The Labute approximate surface area is 201 Å². The molecule has 178 valence electrons. The number of hydrogen-bond donors (Lipinski definition) is 1. The first-order valence-electron chi connectivity index (χ1n) is 12.3. The minimum absolute atomic E-state index is 0.0443. The molecule has 5 rings (SSSR count). The van der Waals surface area contributed by atoms with Gasteiger partial charge in [0.2, 0.25) is 0 Å². The molecule has 2 aromatic carbocycles. The van der Waals surface area contributed by atoms with E-state index in [-0.39, 0.29) is 5.91 Å². The van der Waals surface area contributed by atoms with Crippen LogP contribution >= 0.6 is 0 Å². The summed E-state index contributed by atoms with van der Waals surface area (Å²) in [6.45, 7) is 5.77. The van der Waals surface area contributed by atoms with Crippen LogP contribution in [-0.2, 0) is 12.8 Å². The average Bonchev–Trinajstić information content (AvgIpc) is 3.51. The zero-order valence-electron chi connectivity index (χ0n) is 19.9. The molecule has 0 atom stereocenters. The number of carbonyl (C=O) groups excluding carboxylic acids is 1. The van der Waals surface area contributed by atoms with Crippen molar-refractivity contribution in [1.82, 2.24) is 20.0 Å². The predicted molar refractivity (Wildman–Crippen MR) is 134 cm³/mol. The highest BCUT2D eigenvalue weighted by atomic mass is 16.5. The molecule has 0 saturated carbocycles. The molecule has 2 aliphatic rings. The number of nitrogens with one attached hydrogen (secondary N) is 1. The van der Waals surface area contributed by atoms with Crippen LogP contribution in [0.1, 0.15) is 34.6 Å². The fourth-order valence-electron chi connectivity index (χ4n) is 5.01. The number of amides is 1. The van der Waals surface area contributed by atoms with E-state index in [1.165, 1.54) is 11.4 Å². The van der Waals surface area contributed by atoms with E-state index in [2.05, 4.69) is 27.2 Å². The standard InChI is InChI=1S/C27H33N5O2/c1-34-23-13-11-21(12-14-23)31-19-17-30(18-20-31)16-6-15-28-27(33)26-24-9-5-10-25(24)32(29-26)22-7-3-2-4-8-22/h2-4,7-8,11-14H,5-6,9-10,15-20H2,1H3,(H,28,33). The third-order valence-electron chi connectivity index (χ3n) is 6.89. The lowest BCUT2D eigenvalue weighted by Crippen LogP contribution is -2.47. The molecule has 3 aromatic rings. The number of piperazine rings is 1. The van der Waals surface area contributed by atoms with Crippen molar-refractivity contribution in [3.63, 3.8) is 0 Å². The van der Waals surface area contributed by atoms with Crippen molar-refractivity contribution < 1.29 is 9.53 Å². The molecule has 0 unspecified atom stereocenters. The smallest absolute Gasteiger partial charge is 0.272 e. The number of fused-ring (bicyclic) bond motifs is 1. The lowest BCUT2D eigenvalue weighted by atomic mass is 10.2. The molecule has 7 heteroatoms. The Morgan fingerprint density at radius 2 is 1.74 bits per heavy atom. The van der Waals surface area contributed by atoms with Crippen molar-refractivity contribution in [3.05, 3.63) is 71.5 Å². The molecular weight excluding hydrogens is 426 g/mol. The van der Waals surface area contributed by atoms with Crippen LogP contribution in [-0.4, -0.2) is 67.0 Å². The van der Waals surface area contributed by atoms with Gasteiger partial charge < -0.3 is 15.0 Å². The Morgan fingerprint density at radius 3 is 2.47 bits per heavy atom. The topological polar surface area (TPSA) is 62.6 Å². The number of nitrogens with zero attached hydrogens (tertiary/aromatic N) is 4. The first-order chi connectivity index (χ1) is 16.7. The maximum atomic E-state index is 12.9. The minimum atomic E-state index is -0.0443. The highest BCUT2D eigenvalue weighted by Crippen LogP contribution is 2.27. The molecule has 0 bridgehead atoms. The maximum absolute atomic E-state index is 12.9. The maximum Gasteiger partial charge on any atom is 0.272 e. The van der Waals surface area contributed by atoms with E-state index in [1.54, 1.807) is 7.11 Å². The van der Waals surface area contributed by atoms with E-state index in [0.29, 0.717) is 12.2 Å². The SMILES string of the molecule is COc1ccc(N2CCN(CCCNC(=O)c3nn(-c4ccccc4)c4c3CCC4)CC2)cc1. The normalized spacial score (nSPS) is 15.9. The van der Waals surface area contributed by atoms with Crippen molar-refractivity contribution in [2.75, 3.05) is 51.3 Å². The first kappa shape index (κ1) is 22.5. The Morgan fingerprint density at radius 1 is 0.971 bits per heavy atom. The number of rotatable bonds is 8. The molecule has 0 radical (unpaired) electrons. The minimum Gasteiger partial charge on any atom is -0.497 e. The largest absolute Gasteiger partial charge is 0.497 e. The molecule has 1 amide bonds. The Bertz CT molecular complexity index is 1100. The fourth-order valence-corrected chi connectivity index (χ4v) is 5.01. The summed E-state index contributed by atoms with van der Waals surface area (Å²) in [6, 6.07) is 18.4. The van der Waals surface area contributed by atoms with E-state index in [0.717, 1.165) is 75.4 Å². The van der Waals surface area contributed by atoms with Gasteiger partial charge in [0.1, 0.15) is 5.75 Å². The van der Waals surface area contributed by atoms with Gasteiger partial charge in [-0.1, -0.05) is 18.2 Å². The van der Waals surface area contributed by atoms with Crippen LogP contribution in [0.4, 0.5) is 5.69 Å². The van der Waals surface area contributed by atoms with Gasteiger partial charge >= 0.3 is 0 Å². The summed E-state index contributed by atoms with van der Waals surface area (Å²) in [7, 11) is 1.69. The Balaban J connectivity index is 1.09. The highest BCUT2D eigenvalue weighted by molar-refractivity contribution is 5.94. The van der Waals surface area contributed by atoms with E-state index in [4.69, 9.17) is 9.84 Å². The molecule has 2 heterocycles. The summed E-state index contributed by atoms with van der Waals surface area (Å²) in [5.41, 5.74) is 5.18. The van der Waals surface area contributed by atoms with Gasteiger partial charge in [0, 0.05) is 49.7 Å². The van der Waals surface area contributed by atoms with Crippen LogP contribution in [0.15, 0.2) is 54.6 Å². The summed E-state index contributed by atoms with van der Waals surface area (Å²) in [4.78, 5) is 17.8. The molecule has 1 aromatic heterocycles. The zero-order chi connectivity index (χ0) is 23.3. The molecule has 1 aliphatic heterocycles. The van der Waals surface area contributed by atoms with E-state index >= 15 is 0 Å². The molecule has 7 nitrogen and oxygen atoms in total. The Hall–Kier alpha value is -3.32. The number of anilines is 1. The molecule has 1 aliphatic carbocycles. The third-order valence-corrected chi connectivity index (χ3v) is 6.89. The van der Waals surface area contributed by atoms with Crippen molar-refractivity contribution in [1.29, 1.82) is 0 Å². The van der Waals surface area contributed by atoms with Gasteiger partial charge in [0.05, 0.1) is 12.8 Å². The number of methoxy groups -OCH3 is 1. The van der Waals surface area contributed by atoms with Crippen LogP contribution in [0.25, 0.3) is 5.69 Å². The van der Waals surface area contributed by atoms with Crippen LogP contribution in [0.3, 0.4) is 0 Å². The number of hydrogen-bond acceptors (Lipinski definition) is 5. The highest BCUT2D eigenvalue weighted by Gasteiger charge is 2.26. The molecule has 1 saturated heterocycles. The number of aromatic nitrogens is 2. The van der Waals surface area contributed by atoms with Gasteiger partial charge in [0.15, 0.2) is 5.69 Å². The quantitative estimate of drug-likeness (QED) is 0.524. The lowest BCUT2D eigenvalue weighted by Gasteiger charge is -2.36. The van der Waals surface area contributed by atoms with Crippen LogP contribution in [0.2, 0.25) is 0 Å². The van der Waals surface area contributed by atoms with E-state index in [9.17, 15) is 4.79 Å². The third kappa shape index (κ3) is 4.80. The van der Waals surface area contributed by atoms with Crippen molar-refractivity contribution in [2.45, 2.75) is 25.7 Å². The zero-order valence-corrected chi connectivity index (χ0v) is 19.9. The van der Waals surface area contributed by atoms with Crippen LogP contribution < -0.4 is 15.0 Å². The summed E-state index contributed by atoms with van der Waals surface area (Å²) in [5, 5.41) is 7.81. The van der Waals surface area contributed by atoms with Gasteiger partial charge in [-0.2, -0.15) is 5.10 Å². The number of carbonyl (C=O) groups is 1. The second kappa shape index (κ2) is 10.3. The first-order valence-corrected chi connectivity index (χ1v) is 12.3. The summed E-state index contributed by atoms with van der Waals surface area (Å²) in [6.07, 6.45) is 3.94. The molecular formula is C27H33N5O2. The molecule has 34 heavy (non-hydrogen) atoms. The van der Waals surface area contributed by atoms with Crippen molar-refractivity contribution >= 4 is 11.6 Å². The molecule has 0 spiro atoms. The summed E-state index contributed by atoms with van der Waals surface area (Å²) in [5.74, 6) is 0.846. The monoisotopic (exact) mass is 459 g/mol. The van der Waals surface area contributed by atoms with E-state index in [1.807, 2.05) is 47.1 Å². The second-order valence-electron chi connectivity index (χ2n) is 9.01. The summed E-state index contributed by atoms with van der Waals surface area (Å²) >= 11 is 0. The molecule has 1 N–H and O–H groups in total. The van der Waals surface area contributed by atoms with Gasteiger partial charge in [-0.05, 0) is 68.6 Å².